The van der Waals surface area contributed by atoms with Crippen molar-refractivity contribution in [2.75, 3.05) is 0 Å². The summed E-state index contributed by atoms with van der Waals surface area (Å²) in [5.41, 5.74) is 1.79. The molecule has 0 aliphatic rings. The molecule has 0 aliphatic carbocycles. The van der Waals surface area contributed by atoms with Gasteiger partial charge in [0.1, 0.15) is 11.6 Å². The highest BCUT2D eigenvalue weighted by Gasteiger charge is 2.11. The zero-order valence-electron chi connectivity index (χ0n) is 8.46. The molecule has 0 spiro atoms. The largest absolute Gasteiger partial charge is 0.275 e. The molecule has 2 rings (SSSR count). The first-order valence-electron chi connectivity index (χ1n) is 4.53. The number of hydrogen-bond acceptors (Lipinski definition) is 1. The minimum absolute atomic E-state index is 0.377. The van der Waals surface area contributed by atoms with Crippen LogP contribution in [0, 0.1) is 18.6 Å². The van der Waals surface area contributed by atoms with Gasteiger partial charge in [0.15, 0.2) is 0 Å². The molecule has 0 atom stereocenters. The fraction of sp³-hybridized carbons (Fsp3) is 0.182. The Balaban J connectivity index is 2.59. The van der Waals surface area contributed by atoms with Crippen LogP contribution >= 0.6 is 0 Å². The lowest BCUT2D eigenvalue weighted by atomic mass is 10.1. The molecule has 0 radical (unpaired) electrons. The summed E-state index contributed by atoms with van der Waals surface area (Å²) in [6.45, 7) is 1.79. The van der Waals surface area contributed by atoms with Crippen LogP contribution in [0.3, 0.4) is 0 Å². The molecule has 0 N–H and O–H groups in total. The van der Waals surface area contributed by atoms with Crippen molar-refractivity contribution < 1.29 is 8.78 Å². The molecule has 1 aromatic carbocycles. The Labute approximate surface area is 86.2 Å². The number of nitrogens with zero attached hydrogens (tertiary/aromatic N) is 2. The van der Waals surface area contributed by atoms with Crippen molar-refractivity contribution in [3.63, 3.8) is 0 Å². The molecule has 0 saturated carbocycles. The van der Waals surface area contributed by atoms with Gasteiger partial charge in [-0.05, 0) is 19.1 Å². The van der Waals surface area contributed by atoms with Crippen molar-refractivity contribution in [3.8, 4) is 11.1 Å². The number of aromatic nitrogens is 2. The van der Waals surface area contributed by atoms with Gasteiger partial charge in [0, 0.05) is 30.4 Å². The molecule has 0 fully saturated rings. The molecule has 0 unspecified atom stereocenters. The summed E-state index contributed by atoms with van der Waals surface area (Å²) in [5.74, 6) is -1.14. The lowest BCUT2D eigenvalue weighted by Gasteiger charge is -2.00. The van der Waals surface area contributed by atoms with Gasteiger partial charge >= 0.3 is 0 Å². The molecule has 4 heteroatoms. The first-order valence-corrected chi connectivity index (χ1v) is 4.53. The molecular weight excluding hydrogens is 198 g/mol. The standard InChI is InChI=1S/C11H10F2N2/c1-7-10(6-15(2)14-7)9-4-3-8(12)5-11(9)13/h3-6H,1-2H3. The van der Waals surface area contributed by atoms with E-state index in [0.29, 0.717) is 11.1 Å². The van der Waals surface area contributed by atoms with Crippen molar-refractivity contribution in [2.45, 2.75) is 6.92 Å². The summed E-state index contributed by atoms with van der Waals surface area (Å²) in [5, 5.41) is 4.11. The van der Waals surface area contributed by atoms with E-state index in [2.05, 4.69) is 5.10 Å². The van der Waals surface area contributed by atoms with Crippen molar-refractivity contribution in [1.29, 1.82) is 0 Å². The van der Waals surface area contributed by atoms with Gasteiger partial charge in [-0.1, -0.05) is 0 Å². The minimum atomic E-state index is -0.571. The summed E-state index contributed by atoms with van der Waals surface area (Å²) < 4.78 is 27.8. The fourth-order valence-corrected chi connectivity index (χ4v) is 1.57. The summed E-state index contributed by atoms with van der Waals surface area (Å²) in [6.07, 6.45) is 1.71. The van der Waals surface area contributed by atoms with E-state index in [0.717, 1.165) is 11.8 Å². The SMILES string of the molecule is Cc1nn(C)cc1-c1ccc(F)cc1F. The third-order valence-corrected chi connectivity index (χ3v) is 2.23. The van der Waals surface area contributed by atoms with Gasteiger partial charge in [-0.2, -0.15) is 5.10 Å². The average Bonchev–Trinajstić information content (AvgIpc) is 2.45. The van der Waals surface area contributed by atoms with Gasteiger partial charge in [-0.3, -0.25) is 4.68 Å². The third kappa shape index (κ3) is 1.75. The van der Waals surface area contributed by atoms with Crippen LogP contribution in [0.15, 0.2) is 24.4 Å². The number of hydrogen-bond donors (Lipinski definition) is 0. The number of rotatable bonds is 1. The van der Waals surface area contributed by atoms with Crippen molar-refractivity contribution in [1.82, 2.24) is 9.78 Å². The van der Waals surface area contributed by atoms with E-state index in [-0.39, 0.29) is 0 Å². The summed E-state index contributed by atoms with van der Waals surface area (Å²) in [7, 11) is 1.76. The van der Waals surface area contributed by atoms with Crippen LogP contribution in [0.4, 0.5) is 8.78 Å². The molecular formula is C11H10F2N2. The van der Waals surface area contributed by atoms with E-state index < -0.39 is 11.6 Å². The molecule has 1 aromatic heterocycles. The molecule has 78 valence electrons. The molecule has 0 aliphatic heterocycles. The van der Waals surface area contributed by atoms with Gasteiger partial charge in [-0.25, -0.2) is 8.78 Å². The predicted octanol–water partition coefficient (Wildman–Crippen LogP) is 2.67. The second-order valence-corrected chi connectivity index (χ2v) is 3.43. The lowest BCUT2D eigenvalue weighted by Crippen LogP contribution is -1.86. The van der Waals surface area contributed by atoms with Gasteiger partial charge in [0.2, 0.25) is 0 Å². The molecule has 0 bridgehead atoms. The second kappa shape index (κ2) is 3.46. The monoisotopic (exact) mass is 208 g/mol. The van der Waals surface area contributed by atoms with Crippen LogP contribution in [0.25, 0.3) is 11.1 Å². The van der Waals surface area contributed by atoms with E-state index in [1.54, 1.807) is 24.9 Å². The zero-order valence-corrected chi connectivity index (χ0v) is 8.46. The Morgan fingerprint density at radius 3 is 2.47 bits per heavy atom. The summed E-state index contributed by atoms with van der Waals surface area (Å²) >= 11 is 0. The van der Waals surface area contributed by atoms with E-state index in [4.69, 9.17) is 0 Å². The highest BCUT2D eigenvalue weighted by molar-refractivity contribution is 5.65. The van der Waals surface area contributed by atoms with Gasteiger partial charge in [-0.15, -0.1) is 0 Å². The Morgan fingerprint density at radius 2 is 1.93 bits per heavy atom. The molecule has 0 saturated heterocycles. The molecule has 2 aromatic rings. The number of aryl methyl sites for hydroxylation is 2. The maximum Gasteiger partial charge on any atom is 0.134 e. The van der Waals surface area contributed by atoms with E-state index in [9.17, 15) is 8.78 Å². The van der Waals surface area contributed by atoms with Crippen molar-refractivity contribution >= 4 is 0 Å². The van der Waals surface area contributed by atoms with Gasteiger partial charge in [0.25, 0.3) is 0 Å². The van der Waals surface area contributed by atoms with Crippen LogP contribution in [-0.4, -0.2) is 9.78 Å². The Bertz CT molecular complexity index is 503. The number of halogens is 2. The molecule has 2 nitrogen and oxygen atoms in total. The lowest BCUT2D eigenvalue weighted by molar-refractivity contribution is 0.585. The Hall–Kier alpha value is -1.71. The van der Waals surface area contributed by atoms with Crippen LogP contribution in [0.2, 0.25) is 0 Å². The van der Waals surface area contributed by atoms with E-state index in [1.165, 1.54) is 12.1 Å². The van der Waals surface area contributed by atoms with Crippen LogP contribution < -0.4 is 0 Å². The quantitative estimate of drug-likeness (QED) is 0.704. The molecule has 0 amide bonds. The predicted molar refractivity (Wildman–Crippen MR) is 53.3 cm³/mol. The zero-order chi connectivity index (χ0) is 11.0. The fourth-order valence-electron chi connectivity index (χ4n) is 1.57. The Kier molecular flexibility index (Phi) is 2.26. The highest BCUT2D eigenvalue weighted by Crippen LogP contribution is 2.25. The van der Waals surface area contributed by atoms with Crippen molar-refractivity contribution in [2.24, 2.45) is 7.05 Å². The maximum absolute atomic E-state index is 13.4. The maximum atomic E-state index is 13.4. The summed E-state index contributed by atoms with van der Waals surface area (Å²) in [6, 6.07) is 3.54. The normalized spacial score (nSPS) is 10.7. The van der Waals surface area contributed by atoms with Gasteiger partial charge in [0.05, 0.1) is 5.69 Å². The number of benzene rings is 1. The minimum Gasteiger partial charge on any atom is -0.275 e. The smallest absolute Gasteiger partial charge is 0.134 e. The van der Waals surface area contributed by atoms with Crippen molar-refractivity contribution in [3.05, 3.63) is 41.7 Å². The Morgan fingerprint density at radius 1 is 1.20 bits per heavy atom. The van der Waals surface area contributed by atoms with Crippen LogP contribution in [-0.2, 0) is 7.05 Å². The molecule has 15 heavy (non-hydrogen) atoms. The highest BCUT2D eigenvalue weighted by atomic mass is 19.1. The average molecular weight is 208 g/mol. The second-order valence-electron chi connectivity index (χ2n) is 3.43. The van der Waals surface area contributed by atoms with Crippen LogP contribution in [0.1, 0.15) is 5.69 Å². The van der Waals surface area contributed by atoms with Crippen LogP contribution in [0.5, 0.6) is 0 Å². The first kappa shape index (κ1) is 9.83. The third-order valence-electron chi connectivity index (χ3n) is 2.23. The topological polar surface area (TPSA) is 17.8 Å². The first-order chi connectivity index (χ1) is 7.08. The van der Waals surface area contributed by atoms with E-state index >= 15 is 0 Å². The summed E-state index contributed by atoms with van der Waals surface area (Å²) in [4.78, 5) is 0. The van der Waals surface area contributed by atoms with Gasteiger partial charge < -0.3 is 0 Å². The molecule has 1 heterocycles. The van der Waals surface area contributed by atoms with E-state index in [1.807, 2.05) is 0 Å².